The first-order valence-electron chi connectivity index (χ1n) is 7.45. The largest absolute Gasteiger partial charge is 0.325 e. The Bertz CT molecular complexity index is 622. The lowest BCUT2D eigenvalue weighted by Crippen LogP contribution is -2.18. The Balaban J connectivity index is 2.62. The molecule has 0 bridgehead atoms. The van der Waals surface area contributed by atoms with E-state index in [-0.39, 0.29) is 5.82 Å². The Labute approximate surface area is 138 Å². The van der Waals surface area contributed by atoms with Crippen LogP contribution in [-0.4, -0.2) is 15.4 Å². The van der Waals surface area contributed by atoms with Crippen molar-refractivity contribution < 1.29 is 4.39 Å². The quantitative estimate of drug-likeness (QED) is 0.591. The van der Waals surface area contributed by atoms with E-state index in [9.17, 15) is 4.39 Å². The molecule has 0 spiro atoms. The number of aromatic nitrogens is 2. The van der Waals surface area contributed by atoms with Crippen LogP contribution in [0.1, 0.15) is 45.5 Å². The van der Waals surface area contributed by atoms with Crippen LogP contribution >= 0.6 is 27.5 Å². The van der Waals surface area contributed by atoms with Crippen LogP contribution < -0.4 is 0 Å². The molecular formula is C16H21BrClFN2. The fraction of sp³-hybridized carbons (Fsp3) is 0.562. The minimum absolute atomic E-state index is 0.278. The van der Waals surface area contributed by atoms with E-state index in [4.69, 9.17) is 11.6 Å². The Hall–Kier alpha value is -0.610. The summed E-state index contributed by atoms with van der Waals surface area (Å²) in [5.41, 5.74) is 1.68. The molecule has 116 valence electrons. The van der Waals surface area contributed by atoms with Gasteiger partial charge in [0.05, 0.1) is 15.5 Å². The number of nitrogens with zero attached hydrogens (tertiary/aromatic N) is 2. The summed E-state index contributed by atoms with van der Waals surface area (Å²) in [6, 6.07) is 3.64. The second-order valence-corrected chi connectivity index (χ2v) is 6.64. The number of benzene rings is 1. The summed E-state index contributed by atoms with van der Waals surface area (Å²) < 4.78 is 16.5. The van der Waals surface area contributed by atoms with Crippen molar-refractivity contribution in [1.82, 2.24) is 9.55 Å². The van der Waals surface area contributed by atoms with Crippen LogP contribution in [0, 0.1) is 11.7 Å². The van der Waals surface area contributed by atoms with Crippen molar-refractivity contribution in [2.45, 2.75) is 46.1 Å². The van der Waals surface area contributed by atoms with Gasteiger partial charge in [0.25, 0.3) is 0 Å². The maximum atomic E-state index is 13.7. The van der Waals surface area contributed by atoms with Crippen LogP contribution in [0.3, 0.4) is 0 Å². The lowest BCUT2D eigenvalue weighted by atomic mass is 9.95. The zero-order chi connectivity index (χ0) is 15.6. The standard InChI is InChI=1S/C16H21BrClFN2/c1-4-11(5-2)10(3)21-15-8-12(17)13(19)9-14(15)20-16(21)6-7-18/h8-11H,4-7H2,1-3H3. The Kier molecular flexibility index (Phi) is 5.67. The fourth-order valence-corrected chi connectivity index (χ4v) is 3.54. The number of hydrogen-bond acceptors (Lipinski definition) is 1. The number of halogens is 3. The molecule has 1 atom stereocenters. The molecule has 0 radical (unpaired) electrons. The zero-order valence-electron chi connectivity index (χ0n) is 12.7. The molecule has 21 heavy (non-hydrogen) atoms. The number of alkyl halides is 1. The highest BCUT2D eigenvalue weighted by Crippen LogP contribution is 2.32. The Morgan fingerprint density at radius 1 is 1.33 bits per heavy atom. The van der Waals surface area contributed by atoms with Gasteiger partial charge in [0, 0.05) is 24.4 Å². The molecule has 0 aliphatic rings. The van der Waals surface area contributed by atoms with E-state index in [0.717, 1.165) is 24.2 Å². The van der Waals surface area contributed by atoms with E-state index >= 15 is 0 Å². The minimum Gasteiger partial charge on any atom is -0.325 e. The Morgan fingerprint density at radius 3 is 2.57 bits per heavy atom. The molecule has 0 saturated carbocycles. The molecule has 0 saturated heterocycles. The second-order valence-electron chi connectivity index (χ2n) is 5.41. The van der Waals surface area contributed by atoms with E-state index in [1.54, 1.807) is 0 Å². The smallest absolute Gasteiger partial charge is 0.139 e. The molecular weight excluding hydrogens is 355 g/mol. The maximum absolute atomic E-state index is 13.7. The van der Waals surface area contributed by atoms with Crippen molar-refractivity contribution in [3.63, 3.8) is 0 Å². The van der Waals surface area contributed by atoms with E-state index < -0.39 is 0 Å². The highest BCUT2D eigenvalue weighted by Gasteiger charge is 2.22. The van der Waals surface area contributed by atoms with E-state index in [1.165, 1.54) is 6.07 Å². The van der Waals surface area contributed by atoms with Crippen molar-refractivity contribution in [3.05, 3.63) is 28.2 Å². The lowest BCUT2D eigenvalue weighted by Gasteiger charge is -2.25. The third-order valence-electron chi connectivity index (χ3n) is 4.26. The van der Waals surface area contributed by atoms with Crippen molar-refractivity contribution in [2.75, 3.05) is 5.88 Å². The molecule has 1 unspecified atom stereocenters. The third kappa shape index (κ3) is 3.26. The summed E-state index contributed by atoms with van der Waals surface area (Å²) in [7, 11) is 0. The number of hydrogen-bond donors (Lipinski definition) is 0. The molecule has 0 fully saturated rings. The van der Waals surface area contributed by atoms with Crippen LogP contribution in [-0.2, 0) is 6.42 Å². The van der Waals surface area contributed by atoms with Gasteiger partial charge in [0.2, 0.25) is 0 Å². The molecule has 2 nitrogen and oxygen atoms in total. The highest BCUT2D eigenvalue weighted by atomic mass is 79.9. The first kappa shape index (κ1) is 16.8. The number of rotatable bonds is 6. The van der Waals surface area contributed by atoms with Gasteiger partial charge < -0.3 is 4.57 Å². The van der Waals surface area contributed by atoms with Crippen molar-refractivity contribution >= 4 is 38.6 Å². The molecule has 0 aliphatic heterocycles. The van der Waals surface area contributed by atoms with Gasteiger partial charge in [-0.05, 0) is 34.8 Å². The van der Waals surface area contributed by atoms with E-state index in [2.05, 4.69) is 46.3 Å². The second kappa shape index (κ2) is 7.10. The summed E-state index contributed by atoms with van der Waals surface area (Å²) in [6.45, 7) is 6.63. The van der Waals surface area contributed by atoms with E-state index in [0.29, 0.717) is 34.2 Å². The third-order valence-corrected chi connectivity index (χ3v) is 5.06. The zero-order valence-corrected chi connectivity index (χ0v) is 15.0. The summed E-state index contributed by atoms with van der Waals surface area (Å²) in [5.74, 6) is 1.75. The SMILES string of the molecule is CCC(CC)C(C)n1c(CCCl)nc2cc(F)c(Br)cc21. The summed E-state index contributed by atoms with van der Waals surface area (Å²) in [5, 5.41) is 0. The predicted octanol–water partition coefficient (Wildman–Crippen LogP) is 5.72. The molecule has 1 heterocycles. The van der Waals surface area contributed by atoms with Crippen LogP contribution in [0.5, 0.6) is 0 Å². The van der Waals surface area contributed by atoms with Gasteiger partial charge in [-0.2, -0.15) is 0 Å². The van der Waals surface area contributed by atoms with Crippen LogP contribution in [0.4, 0.5) is 4.39 Å². The average molecular weight is 376 g/mol. The van der Waals surface area contributed by atoms with Gasteiger partial charge >= 0.3 is 0 Å². The van der Waals surface area contributed by atoms with Gasteiger partial charge in [-0.15, -0.1) is 11.6 Å². The number of fused-ring (bicyclic) bond motifs is 1. The van der Waals surface area contributed by atoms with Gasteiger partial charge in [-0.1, -0.05) is 26.7 Å². The monoisotopic (exact) mass is 374 g/mol. The topological polar surface area (TPSA) is 17.8 Å². The molecule has 0 amide bonds. The van der Waals surface area contributed by atoms with Gasteiger partial charge in [0.15, 0.2) is 0 Å². The minimum atomic E-state index is -0.278. The van der Waals surface area contributed by atoms with Crippen LogP contribution in [0.15, 0.2) is 16.6 Å². The molecule has 1 aromatic carbocycles. The summed E-state index contributed by atoms with van der Waals surface area (Å²) >= 11 is 9.19. The molecule has 2 rings (SSSR count). The van der Waals surface area contributed by atoms with Gasteiger partial charge in [0.1, 0.15) is 11.6 Å². The predicted molar refractivity (Wildman–Crippen MR) is 90.6 cm³/mol. The number of imidazole rings is 1. The first-order valence-corrected chi connectivity index (χ1v) is 8.78. The molecule has 0 aliphatic carbocycles. The summed E-state index contributed by atoms with van der Waals surface area (Å²) in [4.78, 5) is 4.59. The van der Waals surface area contributed by atoms with Crippen molar-refractivity contribution in [1.29, 1.82) is 0 Å². The van der Waals surface area contributed by atoms with Crippen LogP contribution in [0.2, 0.25) is 0 Å². The maximum Gasteiger partial charge on any atom is 0.139 e. The van der Waals surface area contributed by atoms with Crippen LogP contribution in [0.25, 0.3) is 11.0 Å². The van der Waals surface area contributed by atoms with Gasteiger partial charge in [-0.3, -0.25) is 0 Å². The molecule has 2 aromatic rings. The number of aryl methyl sites for hydroxylation is 1. The van der Waals surface area contributed by atoms with E-state index in [1.807, 2.05) is 6.07 Å². The lowest BCUT2D eigenvalue weighted by molar-refractivity contribution is 0.333. The summed E-state index contributed by atoms with van der Waals surface area (Å²) in [6.07, 6.45) is 2.92. The van der Waals surface area contributed by atoms with Crippen molar-refractivity contribution in [2.24, 2.45) is 5.92 Å². The fourth-order valence-electron chi connectivity index (χ4n) is 3.04. The normalized spacial score (nSPS) is 13.3. The first-order chi connectivity index (χ1) is 10.0. The van der Waals surface area contributed by atoms with Crippen molar-refractivity contribution in [3.8, 4) is 0 Å². The Morgan fingerprint density at radius 2 is 2.00 bits per heavy atom. The molecule has 0 N–H and O–H groups in total. The highest BCUT2D eigenvalue weighted by molar-refractivity contribution is 9.10. The van der Waals surface area contributed by atoms with Gasteiger partial charge in [-0.25, -0.2) is 9.37 Å². The molecule has 1 aromatic heterocycles. The molecule has 5 heteroatoms. The average Bonchev–Trinajstić information content (AvgIpc) is 2.78.